The van der Waals surface area contributed by atoms with Crippen LogP contribution in [0.3, 0.4) is 0 Å². The first-order chi connectivity index (χ1) is 11.2. The lowest BCUT2D eigenvalue weighted by Crippen LogP contribution is -2.57. The Morgan fingerprint density at radius 3 is 2.58 bits per heavy atom. The van der Waals surface area contributed by atoms with Crippen molar-refractivity contribution < 1.29 is 24.2 Å². The van der Waals surface area contributed by atoms with Gasteiger partial charge in [-0.3, -0.25) is 4.79 Å². The molecule has 2 atom stereocenters. The fraction of sp³-hybridized carbons (Fsp3) is 0.556. The van der Waals surface area contributed by atoms with Gasteiger partial charge >= 0.3 is 5.97 Å². The van der Waals surface area contributed by atoms with E-state index in [9.17, 15) is 14.7 Å². The molecule has 1 aromatic carbocycles. The van der Waals surface area contributed by atoms with Crippen LogP contribution in [-0.4, -0.2) is 41.8 Å². The third kappa shape index (κ3) is 3.87. The third-order valence-electron chi connectivity index (χ3n) is 4.35. The number of ether oxygens (including phenoxy) is 2. The largest absolute Gasteiger partial charge is 0.481 e. The minimum Gasteiger partial charge on any atom is -0.481 e. The summed E-state index contributed by atoms with van der Waals surface area (Å²) in [5, 5.41) is 12.0. The molecule has 1 amide bonds. The van der Waals surface area contributed by atoms with E-state index in [-0.39, 0.29) is 13.0 Å². The third-order valence-corrected chi connectivity index (χ3v) is 4.35. The number of aliphatic carboxylic acids is 1. The lowest BCUT2D eigenvalue weighted by atomic mass is 9.98. The zero-order valence-electron chi connectivity index (χ0n) is 14.6. The van der Waals surface area contributed by atoms with Crippen molar-refractivity contribution >= 4 is 11.9 Å². The van der Waals surface area contributed by atoms with E-state index in [2.05, 4.69) is 19.2 Å². The summed E-state index contributed by atoms with van der Waals surface area (Å²) in [5.41, 5.74) is 0.689. The number of benzene rings is 1. The van der Waals surface area contributed by atoms with Crippen molar-refractivity contribution in [3.05, 3.63) is 29.3 Å². The quantitative estimate of drug-likeness (QED) is 0.833. The van der Waals surface area contributed by atoms with E-state index in [4.69, 9.17) is 9.47 Å². The lowest BCUT2D eigenvalue weighted by Gasteiger charge is -2.26. The van der Waals surface area contributed by atoms with Crippen LogP contribution in [0.5, 0.6) is 5.75 Å². The topological polar surface area (TPSA) is 84.9 Å². The first-order valence-electron chi connectivity index (χ1n) is 8.15. The molecule has 2 rings (SSSR count). The Labute approximate surface area is 142 Å². The summed E-state index contributed by atoms with van der Waals surface area (Å²) in [6.07, 6.45) is -0.550. The van der Waals surface area contributed by atoms with Crippen molar-refractivity contribution in [1.82, 2.24) is 5.32 Å². The standard InChI is InChI=1S/C18H25NO5/c1-11(2)14-6-5-12(3)15(9-14)24-13(4)16(20)19-18(17(21)22)7-8-23-10-18/h5-6,9,11,13H,7-8,10H2,1-4H3,(H,19,20)(H,21,22). The van der Waals surface area contributed by atoms with Gasteiger partial charge in [-0.15, -0.1) is 0 Å². The molecule has 0 radical (unpaired) electrons. The number of rotatable bonds is 6. The average Bonchev–Trinajstić information content (AvgIpc) is 2.99. The summed E-state index contributed by atoms with van der Waals surface area (Å²) in [5.74, 6) is -0.560. The van der Waals surface area contributed by atoms with Crippen LogP contribution in [0, 0.1) is 6.92 Å². The Morgan fingerprint density at radius 2 is 2.04 bits per heavy atom. The highest BCUT2D eigenvalue weighted by Crippen LogP contribution is 2.25. The number of carbonyl (C=O) groups is 2. The molecule has 0 saturated carbocycles. The van der Waals surface area contributed by atoms with Gasteiger partial charge in [-0.05, 0) is 37.0 Å². The number of nitrogens with one attached hydrogen (secondary N) is 1. The van der Waals surface area contributed by atoms with Gasteiger partial charge in [0.15, 0.2) is 11.6 Å². The number of carbonyl (C=O) groups excluding carboxylic acids is 1. The fourth-order valence-corrected chi connectivity index (χ4v) is 2.57. The van der Waals surface area contributed by atoms with Gasteiger partial charge < -0.3 is 19.9 Å². The van der Waals surface area contributed by atoms with Crippen LogP contribution in [0.25, 0.3) is 0 Å². The number of amides is 1. The summed E-state index contributed by atoms with van der Waals surface area (Å²) in [6.45, 7) is 7.98. The maximum atomic E-state index is 12.4. The van der Waals surface area contributed by atoms with E-state index in [1.807, 2.05) is 25.1 Å². The predicted molar refractivity (Wildman–Crippen MR) is 89.3 cm³/mol. The molecule has 0 aromatic heterocycles. The molecule has 0 spiro atoms. The van der Waals surface area contributed by atoms with Crippen LogP contribution in [0.1, 0.15) is 44.2 Å². The van der Waals surface area contributed by atoms with E-state index in [0.717, 1.165) is 11.1 Å². The molecule has 6 nitrogen and oxygen atoms in total. The molecule has 1 fully saturated rings. The average molecular weight is 335 g/mol. The monoisotopic (exact) mass is 335 g/mol. The number of hydrogen-bond donors (Lipinski definition) is 2. The molecular weight excluding hydrogens is 310 g/mol. The van der Waals surface area contributed by atoms with Crippen LogP contribution in [-0.2, 0) is 14.3 Å². The zero-order valence-corrected chi connectivity index (χ0v) is 14.6. The highest BCUT2D eigenvalue weighted by molar-refractivity contribution is 5.89. The molecule has 24 heavy (non-hydrogen) atoms. The minimum atomic E-state index is -1.36. The molecule has 1 saturated heterocycles. The van der Waals surface area contributed by atoms with Gasteiger partial charge in [-0.2, -0.15) is 0 Å². The molecule has 0 aliphatic carbocycles. The van der Waals surface area contributed by atoms with E-state index >= 15 is 0 Å². The first kappa shape index (κ1) is 18.3. The maximum absolute atomic E-state index is 12.4. The SMILES string of the molecule is Cc1ccc(C(C)C)cc1OC(C)C(=O)NC1(C(=O)O)CCOC1. The smallest absolute Gasteiger partial charge is 0.331 e. The molecule has 1 heterocycles. The number of aryl methyl sites for hydroxylation is 1. The van der Waals surface area contributed by atoms with Crippen LogP contribution in [0.4, 0.5) is 0 Å². The maximum Gasteiger partial charge on any atom is 0.331 e. The number of hydrogen-bond acceptors (Lipinski definition) is 4. The Hall–Kier alpha value is -2.08. The second-order valence-electron chi connectivity index (χ2n) is 6.62. The van der Waals surface area contributed by atoms with Crippen molar-refractivity contribution in [3.63, 3.8) is 0 Å². The number of carboxylic acid groups (broad SMARTS) is 1. The molecule has 1 aromatic rings. The lowest BCUT2D eigenvalue weighted by molar-refractivity contribution is -0.148. The van der Waals surface area contributed by atoms with Gasteiger partial charge in [0.25, 0.3) is 5.91 Å². The van der Waals surface area contributed by atoms with E-state index in [0.29, 0.717) is 18.3 Å². The predicted octanol–water partition coefficient (Wildman–Crippen LogP) is 2.25. The second-order valence-corrected chi connectivity index (χ2v) is 6.62. The minimum absolute atomic E-state index is 0.0251. The molecular formula is C18H25NO5. The summed E-state index contributed by atoms with van der Waals surface area (Å²) in [6, 6.07) is 5.92. The molecule has 2 unspecified atom stereocenters. The van der Waals surface area contributed by atoms with Crippen LogP contribution in [0.2, 0.25) is 0 Å². The van der Waals surface area contributed by atoms with E-state index < -0.39 is 23.5 Å². The first-order valence-corrected chi connectivity index (χ1v) is 8.15. The van der Waals surface area contributed by atoms with Gasteiger partial charge in [0.05, 0.1) is 6.61 Å². The van der Waals surface area contributed by atoms with Crippen molar-refractivity contribution in [2.45, 2.75) is 51.7 Å². The fourth-order valence-electron chi connectivity index (χ4n) is 2.57. The molecule has 132 valence electrons. The zero-order chi connectivity index (χ0) is 17.9. The molecule has 1 aliphatic heterocycles. The van der Waals surface area contributed by atoms with Gasteiger partial charge in [-0.1, -0.05) is 26.0 Å². The van der Waals surface area contributed by atoms with Gasteiger partial charge in [-0.25, -0.2) is 4.79 Å². The van der Waals surface area contributed by atoms with Crippen molar-refractivity contribution in [1.29, 1.82) is 0 Å². The second kappa shape index (κ2) is 7.21. The van der Waals surface area contributed by atoms with Crippen molar-refractivity contribution in [2.75, 3.05) is 13.2 Å². The summed E-state index contributed by atoms with van der Waals surface area (Å²) in [4.78, 5) is 23.9. The molecule has 2 N–H and O–H groups in total. The van der Waals surface area contributed by atoms with Crippen molar-refractivity contribution in [3.8, 4) is 5.75 Å². The molecule has 0 bridgehead atoms. The van der Waals surface area contributed by atoms with Gasteiger partial charge in [0, 0.05) is 13.0 Å². The van der Waals surface area contributed by atoms with Gasteiger partial charge in [0.1, 0.15) is 5.75 Å². The Balaban J connectivity index is 2.09. The van der Waals surface area contributed by atoms with E-state index in [1.54, 1.807) is 6.92 Å². The van der Waals surface area contributed by atoms with Crippen molar-refractivity contribution in [2.24, 2.45) is 0 Å². The Bertz CT molecular complexity index is 620. The summed E-state index contributed by atoms with van der Waals surface area (Å²) >= 11 is 0. The van der Waals surface area contributed by atoms with E-state index in [1.165, 1.54) is 0 Å². The highest BCUT2D eigenvalue weighted by Gasteiger charge is 2.44. The molecule has 1 aliphatic rings. The van der Waals surface area contributed by atoms with Gasteiger partial charge in [0.2, 0.25) is 0 Å². The Kier molecular flexibility index (Phi) is 5.49. The molecule has 6 heteroatoms. The summed E-state index contributed by atoms with van der Waals surface area (Å²) in [7, 11) is 0. The van der Waals surface area contributed by atoms with Crippen LogP contribution in [0.15, 0.2) is 18.2 Å². The highest BCUT2D eigenvalue weighted by atomic mass is 16.5. The number of carboxylic acids is 1. The normalized spacial score (nSPS) is 21.5. The summed E-state index contributed by atoms with van der Waals surface area (Å²) < 4.78 is 10.9. The Morgan fingerprint density at radius 1 is 1.33 bits per heavy atom. The van der Waals surface area contributed by atoms with Crippen LogP contribution >= 0.6 is 0 Å². The van der Waals surface area contributed by atoms with Crippen LogP contribution < -0.4 is 10.1 Å².